The van der Waals surface area contributed by atoms with Crippen molar-refractivity contribution in [2.45, 2.75) is 38.3 Å². The molecule has 23 heavy (non-hydrogen) atoms. The van der Waals surface area contributed by atoms with Gasteiger partial charge in [-0.2, -0.15) is 0 Å². The van der Waals surface area contributed by atoms with Gasteiger partial charge in [-0.1, -0.05) is 18.6 Å². The molecule has 1 unspecified atom stereocenters. The minimum absolute atomic E-state index is 0. The summed E-state index contributed by atoms with van der Waals surface area (Å²) in [6, 6.07) is 7.63. The Hall–Kier alpha value is -1.46. The number of nitrogens with one attached hydrogen (secondary N) is 1. The number of para-hydroxylation sites is 2. The average molecular weight is 341 g/mol. The van der Waals surface area contributed by atoms with Gasteiger partial charge in [0.2, 0.25) is 5.91 Å². The summed E-state index contributed by atoms with van der Waals surface area (Å²) in [4.78, 5) is 14.5. The zero-order valence-electron chi connectivity index (χ0n) is 13.5. The third-order valence-corrected chi connectivity index (χ3v) is 4.29. The Bertz CT molecular complexity index is 520. The van der Waals surface area contributed by atoms with Crippen LogP contribution in [0.5, 0.6) is 11.5 Å². The second-order valence-corrected chi connectivity index (χ2v) is 5.88. The van der Waals surface area contributed by atoms with Crippen molar-refractivity contribution in [1.29, 1.82) is 0 Å². The Kier molecular flexibility index (Phi) is 6.54. The number of hydrogen-bond acceptors (Lipinski definition) is 4. The SMILES string of the molecule is CCN(CC1COc2ccccc2O1)C(=O)[C@H]1CCCCN1.Cl. The van der Waals surface area contributed by atoms with E-state index in [-0.39, 0.29) is 30.5 Å². The zero-order chi connectivity index (χ0) is 15.4. The van der Waals surface area contributed by atoms with Crippen molar-refractivity contribution < 1.29 is 14.3 Å². The fourth-order valence-electron chi connectivity index (χ4n) is 3.06. The lowest BCUT2D eigenvalue weighted by molar-refractivity contribution is -0.135. The number of amides is 1. The summed E-state index contributed by atoms with van der Waals surface area (Å²) < 4.78 is 11.7. The van der Waals surface area contributed by atoms with E-state index >= 15 is 0 Å². The summed E-state index contributed by atoms with van der Waals surface area (Å²) in [5, 5.41) is 3.32. The van der Waals surface area contributed by atoms with Crippen molar-refractivity contribution in [3.05, 3.63) is 24.3 Å². The monoisotopic (exact) mass is 340 g/mol. The van der Waals surface area contributed by atoms with Gasteiger partial charge in [0, 0.05) is 6.54 Å². The predicted octanol–water partition coefficient (Wildman–Crippen LogP) is 2.24. The van der Waals surface area contributed by atoms with Crippen LogP contribution in [0.3, 0.4) is 0 Å². The summed E-state index contributed by atoms with van der Waals surface area (Å²) in [6.45, 7) is 4.70. The number of ether oxygens (including phenoxy) is 2. The van der Waals surface area contributed by atoms with E-state index in [2.05, 4.69) is 5.32 Å². The maximum atomic E-state index is 12.6. The van der Waals surface area contributed by atoms with Gasteiger partial charge in [-0.25, -0.2) is 0 Å². The number of hydrogen-bond donors (Lipinski definition) is 1. The van der Waals surface area contributed by atoms with Crippen LogP contribution in [0.4, 0.5) is 0 Å². The van der Waals surface area contributed by atoms with E-state index in [1.54, 1.807) is 0 Å². The molecular weight excluding hydrogens is 316 g/mol. The zero-order valence-corrected chi connectivity index (χ0v) is 14.3. The molecule has 1 N–H and O–H groups in total. The average Bonchev–Trinajstić information content (AvgIpc) is 2.59. The van der Waals surface area contributed by atoms with E-state index in [4.69, 9.17) is 9.47 Å². The second kappa shape index (κ2) is 8.41. The smallest absolute Gasteiger partial charge is 0.239 e. The Morgan fingerprint density at radius 3 is 2.78 bits per heavy atom. The fraction of sp³-hybridized carbons (Fsp3) is 0.588. The Balaban J connectivity index is 0.00000192. The lowest BCUT2D eigenvalue weighted by Crippen LogP contribution is -2.52. The van der Waals surface area contributed by atoms with E-state index < -0.39 is 0 Å². The standard InChI is InChI=1S/C17H24N2O3.ClH/c1-2-19(17(20)14-7-5-6-10-18-14)11-13-12-21-15-8-3-4-9-16(15)22-13;/h3-4,8-9,13-14,18H,2,5-7,10-12H2,1H3;1H/t13?,14-;/m1./s1. The second-order valence-electron chi connectivity index (χ2n) is 5.88. The number of piperidine rings is 1. The van der Waals surface area contributed by atoms with Crippen LogP contribution in [0.25, 0.3) is 0 Å². The first-order valence-corrected chi connectivity index (χ1v) is 8.18. The van der Waals surface area contributed by atoms with Crippen molar-refractivity contribution in [1.82, 2.24) is 10.2 Å². The Labute approximate surface area is 143 Å². The van der Waals surface area contributed by atoms with Gasteiger partial charge in [-0.15, -0.1) is 12.4 Å². The molecule has 6 heteroatoms. The van der Waals surface area contributed by atoms with E-state index in [1.807, 2.05) is 36.1 Å². The maximum absolute atomic E-state index is 12.6. The van der Waals surface area contributed by atoms with E-state index in [1.165, 1.54) is 0 Å². The highest BCUT2D eigenvalue weighted by molar-refractivity contribution is 5.85. The first-order chi connectivity index (χ1) is 10.8. The molecule has 3 rings (SSSR count). The molecule has 2 aliphatic rings. The molecule has 1 fully saturated rings. The van der Waals surface area contributed by atoms with Crippen molar-refractivity contribution >= 4 is 18.3 Å². The molecule has 0 aliphatic carbocycles. The minimum atomic E-state index is -0.109. The number of rotatable bonds is 4. The van der Waals surface area contributed by atoms with E-state index in [0.717, 1.165) is 37.3 Å². The molecule has 0 aromatic heterocycles. The summed E-state index contributed by atoms with van der Waals surface area (Å²) in [6.07, 6.45) is 3.10. The highest BCUT2D eigenvalue weighted by atomic mass is 35.5. The van der Waals surface area contributed by atoms with Gasteiger partial charge >= 0.3 is 0 Å². The lowest BCUT2D eigenvalue weighted by Gasteiger charge is -2.33. The van der Waals surface area contributed by atoms with Crippen LogP contribution in [0, 0.1) is 0 Å². The summed E-state index contributed by atoms with van der Waals surface area (Å²) >= 11 is 0. The van der Waals surface area contributed by atoms with E-state index in [0.29, 0.717) is 19.7 Å². The molecule has 0 bridgehead atoms. The highest BCUT2D eigenvalue weighted by Gasteiger charge is 2.29. The molecule has 1 aromatic carbocycles. The molecule has 2 heterocycles. The number of benzene rings is 1. The number of carbonyl (C=O) groups is 1. The summed E-state index contributed by atoms with van der Waals surface area (Å²) in [5.41, 5.74) is 0. The van der Waals surface area contributed by atoms with Crippen LogP contribution in [0.15, 0.2) is 24.3 Å². The van der Waals surface area contributed by atoms with Crippen molar-refractivity contribution in [2.24, 2.45) is 0 Å². The number of fused-ring (bicyclic) bond motifs is 1. The topological polar surface area (TPSA) is 50.8 Å². The molecule has 128 valence electrons. The van der Waals surface area contributed by atoms with E-state index in [9.17, 15) is 4.79 Å². The normalized spacial score (nSPS) is 22.8. The quantitative estimate of drug-likeness (QED) is 0.913. The number of nitrogens with zero attached hydrogens (tertiary/aromatic N) is 1. The molecule has 1 amide bonds. The largest absolute Gasteiger partial charge is 0.486 e. The Morgan fingerprint density at radius 2 is 2.09 bits per heavy atom. The minimum Gasteiger partial charge on any atom is -0.486 e. The van der Waals surface area contributed by atoms with Gasteiger partial charge in [0.15, 0.2) is 17.6 Å². The third kappa shape index (κ3) is 4.30. The van der Waals surface area contributed by atoms with Crippen LogP contribution in [-0.2, 0) is 4.79 Å². The molecule has 1 saturated heterocycles. The lowest BCUT2D eigenvalue weighted by atomic mass is 10.0. The number of halogens is 1. The van der Waals surface area contributed by atoms with Gasteiger partial charge in [0.05, 0.1) is 12.6 Å². The molecule has 0 spiro atoms. The molecule has 0 radical (unpaired) electrons. The van der Waals surface area contributed by atoms with Crippen molar-refractivity contribution in [3.63, 3.8) is 0 Å². The highest BCUT2D eigenvalue weighted by Crippen LogP contribution is 2.31. The van der Waals surface area contributed by atoms with Crippen LogP contribution >= 0.6 is 12.4 Å². The molecule has 1 aromatic rings. The van der Waals surface area contributed by atoms with Crippen molar-refractivity contribution in [2.75, 3.05) is 26.2 Å². The van der Waals surface area contributed by atoms with Crippen LogP contribution < -0.4 is 14.8 Å². The first-order valence-electron chi connectivity index (χ1n) is 8.18. The van der Waals surface area contributed by atoms with Crippen LogP contribution in [0.1, 0.15) is 26.2 Å². The molecule has 2 atom stereocenters. The summed E-state index contributed by atoms with van der Waals surface area (Å²) in [5.74, 6) is 1.73. The fourth-order valence-corrected chi connectivity index (χ4v) is 3.06. The molecule has 2 aliphatic heterocycles. The number of likely N-dealkylation sites (N-methyl/N-ethyl adjacent to an activating group) is 1. The van der Waals surface area contributed by atoms with Gasteiger partial charge < -0.3 is 19.7 Å². The number of carbonyl (C=O) groups excluding carboxylic acids is 1. The van der Waals surface area contributed by atoms with Gasteiger partial charge in [-0.05, 0) is 38.4 Å². The van der Waals surface area contributed by atoms with Crippen LogP contribution in [-0.4, -0.2) is 49.2 Å². The van der Waals surface area contributed by atoms with Gasteiger partial charge in [-0.3, -0.25) is 4.79 Å². The summed E-state index contributed by atoms with van der Waals surface area (Å²) in [7, 11) is 0. The third-order valence-electron chi connectivity index (χ3n) is 4.29. The predicted molar refractivity (Wildman–Crippen MR) is 91.5 cm³/mol. The first kappa shape index (κ1) is 17.9. The molecular formula is C17H25ClN2O3. The molecule has 0 saturated carbocycles. The van der Waals surface area contributed by atoms with Gasteiger partial charge in [0.25, 0.3) is 0 Å². The Morgan fingerprint density at radius 1 is 1.30 bits per heavy atom. The molecule has 5 nitrogen and oxygen atoms in total. The van der Waals surface area contributed by atoms with Gasteiger partial charge in [0.1, 0.15) is 6.61 Å². The maximum Gasteiger partial charge on any atom is 0.239 e. The van der Waals surface area contributed by atoms with Crippen molar-refractivity contribution in [3.8, 4) is 11.5 Å². The van der Waals surface area contributed by atoms with Crippen LogP contribution in [0.2, 0.25) is 0 Å².